The second-order valence-electron chi connectivity index (χ2n) is 11.7. The Hall–Kier alpha value is -3.40. The Labute approximate surface area is 278 Å². The van der Waals surface area contributed by atoms with Crippen molar-refractivity contribution in [3.05, 3.63) is 122 Å². The van der Waals surface area contributed by atoms with Crippen molar-refractivity contribution >= 4 is 62.4 Å². The van der Waals surface area contributed by atoms with Crippen LogP contribution >= 0.6 is 34.8 Å². The van der Waals surface area contributed by atoms with Crippen LogP contribution in [0.15, 0.2) is 84.9 Å². The maximum absolute atomic E-state index is 13.9. The molecule has 236 valence electrons. The fourth-order valence-electron chi connectivity index (χ4n) is 4.77. The van der Waals surface area contributed by atoms with E-state index in [1.807, 2.05) is 24.3 Å². The lowest BCUT2D eigenvalue weighted by atomic mass is 9.84. The second-order valence-corrected chi connectivity index (χ2v) is 14.6. The van der Waals surface area contributed by atoms with E-state index in [1.54, 1.807) is 60.7 Å². The molecule has 0 heterocycles. The number of benzene rings is 4. The first-order valence-electron chi connectivity index (χ1n) is 14.1. The molecule has 2 amide bonds. The van der Waals surface area contributed by atoms with Gasteiger partial charge in [0.05, 0.1) is 11.7 Å². The molecule has 4 rings (SSSR count). The zero-order valence-corrected chi connectivity index (χ0v) is 28.0. The molecule has 1 atom stereocenters. The number of hydrogen-bond acceptors (Lipinski definition) is 4. The molecule has 11 heteroatoms. The molecule has 1 unspecified atom stereocenters. The highest BCUT2D eigenvalue weighted by Gasteiger charge is 2.23. The van der Waals surface area contributed by atoms with E-state index in [0.29, 0.717) is 32.7 Å². The summed E-state index contributed by atoms with van der Waals surface area (Å²) in [5.74, 6) is -1.89. The Morgan fingerprint density at radius 3 is 2.11 bits per heavy atom. The van der Waals surface area contributed by atoms with Crippen molar-refractivity contribution in [2.75, 3.05) is 17.6 Å². The van der Waals surface area contributed by atoms with Gasteiger partial charge in [-0.25, -0.2) is 0 Å². The Morgan fingerprint density at radius 2 is 1.51 bits per heavy atom. The van der Waals surface area contributed by atoms with E-state index >= 15 is 0 Å². The van der Waals surface area contributed by atoms with Gasteiger partial charge in [0.25, 0.3) is 16.0 Å². The average molecular weight is 688 g/mol. The third-order valence-corrected chi connectivity index (χ3v) is 8.69. The molecule has 3 N–H and O–H groups in total. The summed E-state index contributed by atoms with van der Waals surface area (Å²) < 4.78 is 30.7. The van der Waals surface area contributed by atoms with E-state index in [-0.39, 0.29) is 17.9 Å². The summed E-state index contributed by atoms with van der Waals surface area (Å²) >= 11 is 19.0. The summed E-state index contributed by atoms with van der Waals surface area (Å²) in [5.41, 5.74) is 4.95. The monoisotopic (exact) mass is 686 g/mol. The average Bonchev–Trinajstić information content (AvgIpc) is 2.94. The van der Waals surface area contributed by atoms with Gasteiger partial charge in [-0.3, -0.25) is 14.1 Å². The predicted octanol–water partition coefficient (Wildman–Crippen LogP) is 8.19. The minimum absolute atomic E-state index is 0.0613. The van der Waals surface area contributed by atoms with Gasteiger partial charge in [-0.1, -0.05) is 98.0 Å². The molecule has 0 aromatic heterocycles. The molecule has 0 bridgehead atoms. The Bertz CT molecular complexity index is 1800. The number of amides is 2. The van der Waals surface area contributed by atoms with Crippen LogP contribution in [0, 0.1) is 0 Å². The van der Waals surface area contributed by atoms with Crippen LogP contribution in [0.5, 0.6) is 0 Å². The maximum atomic E-state index is 13.9. The van der Waals surface area contributed by atoms with Crippen molar-refractivity contribution in [1.29, 1.82) is 0 Å². The quantitative estimate of drug-likeness (QED) is 0.146. The third kappa shape index (κ3) is 9.79. The van der Waals surface area contributed by atoms with Gasteiger partial charge in [0.2, 0.25) is 5.91 Å². The first-order valence-corrected chi connectivity index (χ1v) is 16.8. The molecular formula is C34H33Cl3N2O5S. The maximum Gasteiger partial charge on any atom is 0.266 e. The summed E-state index contributed by atoms with van der Waals surface area (Å²) in [7, 11) is -4.18. The van der Waals surface area contributed by atoms with Crippen molar-refractivity contribution < 1.29 is 22.6 Å². The molecular weight excluding hydrogens is 655 g/mol. The number of carbonyl (C=O) groups excluding carboxylic acids is 2. The highest BCUT2D eigenvalue weighted by Crippen LogP contribution is 2.35. The molecule has 7 nitrogen and oxygen atoms in total. The fourth-order valence-corrected chi connectivity index (χ4v) is 5.88. The summed E-state index contributed by atoms with van der Waals surface area (Å²) in [6.45, 7) is 6.14. The van der Waals surface area contributed by atoms with Gasteiger partial charge in [-0.15, -0.1) is 0 Å². The summed E-state index contributed by atoms with van der Waals surface area (Å²) in [4.78, 5) is 26.3. The van der Waals surface area contributed by atoms with Gasteiger partial charge in [0.15, 0.2) is 0 Å². The number of nitrogens with one attached hydrogen (secondary N) is 2. The van der Waals surface area contributed by atoms with Crippen LogP contribution in [0.1, 0.15) is 53.7 Å². The molecule has 0 aliphatic carbocycles. The first kappa shape index (κ1) is 34.5. The summed E-state index contributed by atoms with van der Waals surface area (Å²) in [6, 6.07) is 25.1. The van der Waals surface area contributed by atoms with Crippen LogP contribution < -0.4 is 10.6 Å². The molecule has 4 aromatic carbocycles. The molecule has 0 aliphatic heterocycles. The largest absolute Gasteiger partial charge is 0.351 e. The van der Waals surface area contributed by atoms with E-state index in [1.165, 1.54) is 0 Å². The van der Waals surface area contributed by atoms with Crippen LogP contribution in [0.4, 0.5) is 5.69 Å². The standard InChI is InChI=1S/C34H33Cl3N2O5S/c1-34(2,3)25-10-8-22(9-11-25)30(16-21-4-6-23(7-5-21)32(40)38-14-15-45(42,43)44)33(41)39-28-18-24(17-27(36)19-28)29-13-12-26(35)20-31(29)37/h4-13,17-20,30H,14-16H2,1-3H3,(H,38,40)(H,39,41)(H,42,43,44). The van der Waals surface area contributed by atoms with E-state index in [2.05, 4.69) is 31.4 Å². The Balaban J connectivity index is 1.60. The van der Waals surface area contributed by atoms with E-state index in [0.717, 1.165) is 27.8 Å². The number of carbonyl (C=O) groups is 2. The highest BCUT2D eigenvalue weighted by molar-refractivity contribution is 7.85. The third-order valence-electron chi connectivity index (χ3n) is 7.20. The molecule has 0 spiro atoms. The number of halogens is 3. The topological polar surface area (TPSA) is 113 Å². The SMILES string of the molecule is CC(C)(C)c1ccc(C(Cc2ccc(C(=O)NCCS(=O)(=O)O)cc2)C(=O)Nc2cc(Cl)cc(-c3ccc(Cl)cc3Cl)c2)cc1. The van der Waals surface area contributed by atoms with Crippen LogP contribution in [0.2, 0.25) is 15.1 Å². The number of rotatable bonds is 10. The van der Waals surface area contributed by atoms with Crippen molar-refractivity contribution in [2.24, 2.45) is 0 Å². The lowest BCUT2D eigenvalue weighted by molar-refractivity contribution is -0.117. The van der Waals surface area contributed by atoms with Crippen LogP contribution in [0.25, 0.3) is 11.1 Å². The molecule has 0 radical (unpaired) electrons. The minimum Gasteiger partial charge on any atom is -0.351 e. The van der Waals surface area contributed by atoms with Gasteiger partial charge in [0.1, 0.15) is 0 Å². The number of anilines is 1. The first-order chi connectivity index (χ1) is 21.1. The van der Waals surface area contributed by atoms with Crippen molar-refractivity contribution in [2.45, 2.75) is 38.5 Å². The van der Waals surface area contributed by atoms with Gasteiger partial charge < -0.3 is 10.6 Å². The van der Waals surface area contributed by atoms with Crippen LogP contribution in [0.3, 0.4) is 0 Å². The van der Waals surface area contributed by atoms with Gasteiger partial charge in [-0.05, 0) is 76.6 Å². The predicted molar refractivity (Wildman–Crippen MR) is 182 cm³/mol. The van der Waals surface area contributed by atoms with Gasteiger partial charge >= 0.3 is 0 Å². The van der Waals surface area contributed by atoms with E-state index < -0.39 is 27.7 Å². The molecule has 0 aliphatic rings. The van der Waals surface area contributed by atoms with Crippen LogP contribution in [-0.2, 0) is 26.7 Å². The van der Waals surface area contributed by atoms with E-state index in [4.69, 9.17) is 39.4 Å². The lowest BCUT2D eigenvalue weighted by Crippen LogP contribution is -2.28. The zero-order valence-electron chi connectivity index (χ0n) is 24.9. The molecule has 0 saturated carbocycles. The normalized spacial score (nSPS) is 12.4. The highest BCUT2D eigenvalue weighted by atomic mass is 35.5. The Morgan fingerprint density at radius 1 is 0.844 bits per heavy atom. The lowest BCUT2D eigenvalue weighted by Gasteiger charge is -2.22. The van der Waals surface area contributed by atoms with Crippen molar-refractivity contribution in [3.8, 4) is 11.1 Å². The minimum atomic E-state index is -4.18. The van der Waals surface area contributed by atoms with E-state index in [9.17, 15) is 18.0 Å². The van der Waals surface area contributed by atoms with Crippen molar-refractivity contribution in [1.82, 2.24) is 5.32 Å². The summed E-state index contributed by atoms with van der Waals surface area (Å²) in [6.07, 6.45) is 0.335. The zero-order chi connectivity index (χ0) is 32.9. The summed E-state index contributed by atoms with van der Waals surface area (Å²) in [5, 5.41) is 6.87. The van der Waals surface area contributed by atoms with Crippen LogP contribution in [-0.4, -0.2) is 37.1 Å². The second kappa shape index (κ2) is 14.4. The fraction of sp³-hybridized carbons (Fsp3) is 0.235. The number of hydrogen-bond donors (Lipinski definition) is 3. The van der Waals surface area contributed by atoms with Gasteiger partial charge in [0, 0.05) is 38.4 Å². The molecule has 4 aromatic rings. The molecule has 0 fully saturated rings. The molecule has 45 heavy (non-hydrogen) atoms. The Kier molecular flexibility index (Phi) is 11.0. The van der Waals surface area contributed by atoms with Crippen molar-refractivity contribution in [3.63, 3.8) is 0 Å². The molecule has 0 saturated heterocycles. The van der Waals surface area contributed by atoms with Gasteiger partial charge in [-0.2, -0.15) is 8.42 Å². The smallest absolute Gasteiger partial charge is 0.266 e.